The lowest BCUT2D eigenvalue weighted by Gasteiger charge is -2.15. The Balaban J connectivity index is 0.00000200. The van der Waals surface area contributed by atoms with Crippen LogP contribution in [0, 0.1) is 0 Å². The molecule has 5 heteroatoms. The van der Waals surface area contributed by atoms with Crippen molar-refractivity contribution < 1.29 is 9.59 Å². The molecule has 1 heterocycles. The second-order valence-corrected chi connectivity index (χ2v) is 4.60. The Labute approximate surface area is 125 Å². The summed E-state index contributed by atoms with van der Waals surface area (Å²) in [5.74, 6) is -0.280. The quantitative estimate of drug-likeness (QED) is 0.659. The minimum Gasteiger partial charge on any atom is -0.348 e. The van der Waals surface area contributed by atoms with Gasteiger partial charge in [0.25, 0.3) is 5.91 Å². The van der Waals surface area contributed by atoms with Crippen LogP contribution in [0.3, 0.4) is 0 Å². The molecule has 0 saturated heterocycles. The van der Waals surface area contributed by atoms with Crippen molar-refractivity contribution in [1.82, 2.24) is 10.6 Å². The van der Waals surface area contributed by atoms with Crippen LogP contribution in [0.2, 0.25) is 0 Å². The van der Waals surface area contributed by atoms with Crippen LogP contribution in [-0.2, 0) is 0 Å². The fourth-order valence-corrected chi connectivity index (χ4v) is 2.11. The number of hydrogen-bond acceptors (Lipinski definition) is 3. The number of ketones is 1. The van der Waals surface area contributed by atoms with E-state index >= 15 is 0 Å². The van der Waals surface area contributed by atoms with Crippen molar-refractivity contribution >= 4 is 24.1 Å². The molecule has 0 atom stereocenters. The Bertz CT molecular complexity index is 526. The van der Waals surface area contributed by atoms with Crippen molar-refractivity contribution in [3.63, 3.8) is 0 Å². The van der Waals surface area contributed by atoms with Crippen LogP contribution < -0.4 is 10.6 Å². The minimum atomic E-state index is -0.190. The van der Waals surface area contributed by atoms with Crippen LogP contribution >= 0.6 is 12.4 Å². The second-order valence-electron chi connectivity index (χ2n) is 4.60. The summed E-state index contributed by atoms with van der Waals surface area (Å²) in [6.45, 7) is 3.83. The number of rotatable bonds is 4. The molecule has 0 aliphatic carbocycles. The molecule has 1 aliphatic heterocycles. The molecule has 1 amide bonds. The molecule has 1 aromatic rings. The lowest BCUT2D eigenvalue weighted by Crippen LogP contribution is -2.30. The number of amides is 1. The molecule has 0 unspecified atom stereocenters. The molecule has 0 spiro atoms. The van der Waals surface area contributed by atoms with Gasteiger partial charge in [0.15, 0.2) is 5.78 Å². The molecule has 0 saturated carbocycles. The third-order valence-electron chi connectivity index (χ3n) is 3.18. The van der Waals surface area contributed by atoms with Gasteiger partial charge in [-0.25, -0.2) is 0 Å². The van der Waals surface area contributed by atoms with Crippen LogP contribution in [0.15, 0.2) is 35.9 Å². The summed E-state index contributed by atoms with van der Waals surface area (Å²) in [6, 6.07) is 6.90. The summed E-state index contributed by atoms with van der Waals surface area (Å²) < 4.78 is 0. The molecule has 108 valence electrons. The molecule has 1 aromatic carbocycles. The van der Waals surface area contributed by atoms with E-state index in [1.807, 2.05) is 0 Å². The van der Waals surface area contributed by atoms with Crippen molar-refractivity contribution in [2.24, 2.45) is 0 Å². The fraction of sp³-hybridized carbons (Fsp3) is 0.333. The van der Waals surface area contributed by atoms with Crippen molar-refractivity contribution in [2.45, 2.75) is 13.3 Å². The highest BCUT2D eigenvalue weighted by atomic mass is 35.5. The van der Waals surface area contributed by atoms with E-state index in [9.17, 15) is 9.59 Å². The van der Waals surface area contributed by atoms with Crippen LogP contribution in [0.4, 0.5) is 0 Å². The SMILES string of the molecule is CC(=O)c1ccccc1C(=O)NCC1=CCNCC1.Cl. The molecular weight excluding hydrogens is 276 g/mol. The summed E-state index contributed by atoms with van der Waals surface area (Å²) >= 11 is 0. The number of nitrogens with one attached hydrogen (secondary N) is 2. The van der Waals surface area contributed by atoms with Crippen molar-refractivity contribution in [3.8, 4) is 0 Å². The van der Waals surface area contributed by atoms with Crippen molar-refractivity contribution in [1.29, 1.82) is 0 Å². The maximum atomic E-state index is 12.1. The highest BCUT2D eigenvalue weighted by molar-refractivity contribution is 6.07. The molecule has 2 rings (SSSR count). The predicted molar refractivity (Wildman–Crippen MR) is 81.6 cm³/mol. The highest BCUT2D eigenvalue weighted by Gasteiger charge is 2.14. The Hall–Kier alpha value is -1.65. The van der Waals surface area contributed by atoms with Crippen LogP contribution in [0.25, 0.3) is 0 Å². The summed E-state index contributed by atoms with van der Waals surface area (Å²) in [7, 11) is 0. The second kappa shape index (κ2) is 7.82. The Morgan fingerprint density at radius 2 is 1.95 bits per heavy atom. The summed E-state index contributed by atoms with van der Waals surface area (Å²) in [4.78, 5) is 23.6. The van der Waals surface area contributed by atoms with Gasteiger partial charge in [0.05, 0.1) is 5.56 Å². The lowest BCUT2D eigenvalue weighted by molar-refractivity contribution is 0.0941. The summed E-state index contributed by atoms with van der Waals surface area (Å²) in [5.41, 5.74) is 2.15. The maximum absolute atomic E-state index is 12.1. The molecule has 0 aromatic heterocycles. The zero-order chi connectivity index (χ0) is 13.7. The van der Waals surface area contributed by atoms with E-state index in [0.29, 0.717) is 17.7 Å². The number of carbonyl (C=O) groups excluding carboxylic acids is 2. The van der Waals surface area contributed by atoms with Crippen LogP contribution in [-0.4, -0.2) is 31.3 Å². The number of halogens is 1. The van der Waals surface area contributed by atoms with Gasteiger partial charge in [-0.2, -0.15) is 0 Å². The molecule has 20 heavy (non-hydrogen) atoms. The molecule has 4 nitrogen and oxygen atoms in total. The molecule has 2 N–H and O–H groups in total. The lowest BCUT2D eigenvalue weighted by atomic mass is 10.0. The van der Waals surface area contributed by atoms with Crippen molar-refractivity contribution in [2.75, 3.05) is 19.6 Å². The van der Waals surface area contributed by atoms with Gasteiger partial charge < -0.3 is 10.6 Å². The topological polar surface area (TPSA) is 58.2 Å². The van der Waals surface area contributed by atoms with E-state index < -0.39 is 0 Å². The number of hydrogen-bond donors (Lipinski definition) is 2. The van der Waals surface area contributed by atoms with Gasteiger partial charge >= 0.3 is 0 Å². The third-order valence-corrected chi connectivity index (χ3v) is 3.18. The molecular formula is C15H19ClN2O2. The maximum Gasteiger partial charge on any atom is 0.252 e. The summed E-state index contributed by atoms with van der Waals surface area (Å²) in [5, 5.41) is 6.10. The van der Waals surface area contributed by atoms with E-state index in [0.717, 1.165) is 19.5 Å². The van der Waals surface area contributed by atoms with E-state index in [2.05, 4.69) is 16.7 Å². The Morgan fingerprint density at radius 3 is 2.55 bits per heavy atom. The van der Waals surface area contributed by atoms with E-state index in [1.165, 1.54) is 12.5 Å². The largest absolute Gasteiger partial charge is 0.348 e. The average molecular weight is 295 g/mol. The van der Waals surface area contributed by atoms with Gasteiger partial charge in [0.1, 0.15) is 0 Å². The first kappa shape index (κ1) is 16.4. The van der Waals surface area contributed by atoms with Gasteiger partial charge in [0.2, 0.25) is 0 Å². The van der Waals surface area contributed by atoms with Gasteiger partial charge in [0, 0.05) is 18.7 Å². The molecule has 0 radical (unpaired) electrons. The smallest absolute Gasteiger partial charge is 0.252 e. The van der Waals surface area contributed by atoms with E-state index in [4.69, 9.17) is 0 Å². The highest BCUT2D eigenvalue weighted by Crippen LogP contribution is 2.10. The monoisotopic (exact) mass is 294 g/mol. The third kappa shape index (κ3) is 4.18. The average Bonchev–Trinajstić information content (AvgIpc) is 2.46. The Kier molecular flexibility index (Phi) is 6.42. The van der Waals surface area contributed by atoms with Crippen LogP contribution in [0.1, 0.15) is 34.1 Å². The van der Waals surface area contributed by atoms with Crippen LogP contribution in [0.5, 0.6) is 0 Å². The van der Waals surface area contributed by atoms with E-state index in [1.54, 1.807) is 24.3 Å². The zero-order valence-corrected chi connectivity index (χ0v) is 12.3. The standard InChI is InChI=1S/C15H18N2O2.ClH/c1-11(18)13-4-2-3-5-14(13)15(19)17-10-12-6-8-16-9-7-12;/h2-6,16H,7-10H2,1H3,(H,17,19);1H. The minimum absolute atomic E-state index is 0. The number of Topliss-reactive ketones (excluding diaryl/α,β-unsaturated/α-hetero) is 1. The van der Waals surface area contributed by atoms with Crippen molar-refractivity contribution in [3.05, 3.63) is 47.0 Å². The first-order valence-corrected chi connectivity index (χ1v) is 6.45. The van der Waals surface area contributed by atoms with Gasteiger partial charge in [-0.1, -0.05) is 29.8 Å². The molecule has 0 bridgehead atoms. The number of benzene rings is 1. The van der Waals surface area contributed by atoms with E-state index in [-0.39, 0.29) is 24.1 Å². The number of carbonyl (C=O) groups is 2. The van der Waals surface area contributed by atoms with Gasteiger partial charge in [-0.05, 0) is 26.0 Å². The predicted octanol–water partition coefficient (Wildman–Crippen LogP) is 1.96. The van der Waals surface area contributed by atoms with Gasteiger partial charge in [-0.15, -0.1) is 12.4 Å². The molecule has 0 fully saturated rings. The van der Waals surface area contributed by atoms with Gasteiger partial charge in [-0.3, -0.25) is 9.59 Å². The zero-order valence-electron chi connectivity index (χ0n) is 11.4. The Morgan fingerprint density at radius 1 is 1.25 bits per heavy atom. The molecule has 1 aliphatic rings. The fourth-order valence-electron chi connectivity index (χ4n) is 2.11. The normalized spacial score (nSPS) is 13.9. The summed E-state index contributed by atoms with van der Waals surface area (Å²) in [6.07, 6.45) is 3.05. The first-order valence-electron chi connectivity index (χ1n) is 6.45. The first-order chi connectivity index (χ1) is 9.18.